The molecule has 1 fully saturated rings. The van der Waals surface area contributed by atoms with Gasteiger partial charge in [0.1, 0.15) is 0 Å². The van der Waals surface area contributed by atoms with Crippen LogP contribution >= 0.6 is 35.3 Å². The number of thiophene rings is 1. The number of aliphatic imine (C=N–C) groups is 1. The van der Waals surface area contributed by atoms with Gasteiger partial charge in [-0.2, -0.15) is 0 Å². The van der Waals surface area contributed by atoms with E-state index in [9.17, 15) is 0 Å². The van der Waals surface area contributed by atoms with E-state index in [1.807, 2.05) is 18.4 Å². The molecular formula is C18H31IN4S. The van der Waals surface area contributed by atoms with Gasteiger partial charge < -0.3 is 10.6 Å². The average Bonchev–Trinajstić information content (AvgIpc) is 3.00. The van der Waals surface area contributed by atoms with E-state index in [0.29, 0.717) is 5.41 Å². The van der Waals surface area contributed by atoms with E-state index < -0.39 is 0 Å². The Morgan fingerprint density at radius 2 is 2.21 bits per heavy atom. The van der Waals surface area contributed by atoms with Gasteiger partial charge in [-0.1, -0.05) is 13.3 Å². The first-order valence-corrected chi connectivity index (χ1v) is 9.85. The summed E-state index contributed by atoms with van der Waals surface area (Å²) in [5.41, 5.74) is 2.05. The highest BCUT2D eigenvalue weighted by atomic mass is 127. The molecular weight excluding hydrogens is 431 g/mol. The average molecular weight is 462 g/mol. The van der Waals surface area contributed by atoms with Gasteiger partial charge in [0.05, 0.1) is 0 Å². The van der Waals surface area contributed by atoms with Gasteiger partial charge in [0.25, 0.3) is 0 Å². The van der Waals surface area contributed by atoms with Crippen molar-refractivity contribution in [3.05, 3.63) is 21.9 Å². The van der Waals surface area contributed by atoms with Gasteiger partial charge in [-0.25, -0.2) is 0 Å². The van der Waals surface area contributed by atoms with Crippen molar-refractivity contribution >= 4 is 41.3 Å². The lowest BCUT2D eigenvalue weighted by Crippen LogP contribution is -2.47. The zero-order valence-electron chi connectivity index (χ0n) is 14.9. The van der Waals surface area contributed by atoms with Gasteiger partial charge in [-0.3, -0.25) is 9.89 Å². The van der Waals surface area contributed by atoms with Crippen molar-refractivity contribution in [2.75, 3.05) is 33.2 Å². The summed E-state index contributed by atoms with van der Waals surface area (Å²) in [6, 6.07) is 2.28. The zero-order valence-corrected chi connectivity index (χ0v) is 18.1. The molecule has 0 bridgehead atoms. The van der Waals surface area contributed by atoms with Crippen LogP contribution in [0, 0.1) is 5.41 Å². The number of nitrogens with one attached hydrogen (secondary N) is 2. The van der Waals surface area contributed by atoms with Gasteiger partial charge in [-0.15, -0.1) is 35.3 Å². The molecule has 1 saturated carbocycles. The maximum atomic E-state index is 4.37. The van der Waals surface area contributed by atoms with Crippen molar-refractivity contribution in [3.63, 3.8) is 0 Å². The Labute approximate surface area is 167 Å². The van der Waals surface area contributed by atoms with Gasteiger partial charge in [0.15, 0.2) is 5.96 Å². The lowest BCUT2D eigenvalue weighted by atomic mass is 9.67. The molecule has 0 atom stereocenters. The number of halogens is 1. The van der Waals surface area contributed by atoms with E-state index in [2.05, 4.69) is 38.9 Å². The van der Waals surface area contributed by atoms with E-state index in [1.165, 1.54) is 44.2 Å². The summed E-state index contributed by atoms with van der Waals surface area (Å²) in [6.07, 6.45) is 6.60. The normalized spacial score (nSPS) is 19.8. The minimum atomic E-state index is 0. The molecule has 0 aromatic carbocycles. The first-order chi connectivity index (χ1) is 11.2. The molecule has 136 valence electrons. The molecule has 0 amide bonds. The summed E-state index contributed by atoms with van der Waals surface area (Å²) in [5, 5.41) is 9.24. The molecule has 1 aliphatic carbocycles. The van der Waals surface area contributed by atoms with Crippen LogP contribution in [0.2, 0.25) is 0 Å². The summed E-state index contributed by atoms with van der Waals surface area (Å²) < 4.78 is 0. The Kier molecular flexibility index (Phi) is 7.81. The number of fused-ring (bicyclic) bond motifs is 1. The van der Waals surface area contributed by atoms with Crippen molar-refractivity contribution in [1.82, 2.24) is 15.5 Å². The van der Waals surface area contributed by atoms with Crippen molar-refractivity contribution in [3.8, 4) is 0 Å². The summed E-state index contributed by atoms with van der Waals surface area (Å²) >= 11 is 1.91. The van der Waals surface area contributed by atoms with Crippen LogP contribution in [0.4, 0.5) is 0 Å². The Balaban J connectivity index is 0.00000208. The van der Waals surface area contributed by atoms with Crippen LogP contribution in [-0.2, 0) is 13.0 Å². The standard InChI is InChI=1S/C18H30N4S.HI/c1-3-18(7-4-8-18)14-21-17(19-2)20-9-11-22-10-5-16-15(13-22)6-12-23-16;/h6,12H,3-5,7-11,13-14H2,1-2H3,(H2,19,20,21);1H. The molecule has 1 aliphatic heterocycles. The molecule has 6 heteroatoms. The number of hydrogen-bond donors (Lipinski definition) is 2. The Bertz CT molecular complexity index is 533. The maximum Gasteiger partial charge on any atom is 0.191 e. The Hall–Kier alpha value is -0.340. The Morgan fingerprint density at radius 3 is 2.88 bits per heavy atom. The van der Waals surface area contributed by atoms with Crippen LogP contribution < -0.4 is 10.6 Å². The van der Waals surface area contributed by atoms with Crippen molar-refractivity contribution in [2.24, 2.45) is 10.4 Å². The van der Waals surface area contributed by atoms with E-state index >= 15 is 0 Å². The molecule has 4 nitrogen and oxygen atoms in total. The van der Waals surface area contributed by atoms with Crippen LogP contribution in [-0.4, -0.2) is 44.1 Å². The SMILES string of the molecule is CCC1(CNC(=NC)NCCN2CCc3sccc3C2)CCC1.I. The van der Waals surface area contributed by atoms with E-state index in [4.69, 9.17) is 0 Å². The molecule has 0 unspecified atom stereocenters. The molecule has 24 heavy (non-hydrogen) atoms. The third-order valence-electron chi connectivity index (χ3n) is 5.63. The van der Waals surface area contributed by atoms with Crippen LogP contribution in [0.5, 0.6) is 0 Å². The van der Waals surface area contributed by atoms with Gasteiger partial charge >= 0.3 is 0 Å². The fraction of sp³-hybridized carbons (Fsp3) is 0.722. The second kappa shape index (κ2) is 9.38. The maximum absolute atomic E-state index is 4.37. The highest BCUT2D eigenvalue weighted by Gasteiger charge is 2.34. The highest BCUT2D eigenvalue weighted by molar-refractivity contribution is 14.0. The molecule has 2 heterocycles. The lowest BCUT2D eigenvalue weighted by Gasteiger charge is -2.41. The first kappa shape index (κ1) is 20.0. The van der Waals surface area contributed by atoms with Crippen LogP contribution in [0.3, 0.4) is 0 Å². The molecule has 2 aliphatic rings. The van der Waals surface area contributed by atoms with Crippen LogP contribution in [0.25, 0.3) is 0 Å². The molecule has 0 radical (unpaired) electrons. The Morgan fingerprint density at radius 1 is 1.38 bits per heavy atom. The fourth-order valence-electron chi connectivity index (χ4n) is 3.65. The predicted molar refractivity (Wildman–Crippen MR) is 115 cm³/mol. The molecule has 0 saturated heterocycles. The monoisotopic (exact) mass is 462 g/mol. The van der Waals surface area contributed by atoms with Crippen molar-refractivity contribution in [2.45, 2.75) is 45.6 Å². The number of hydrogen-bond acceptors (Lipinski definition) is 3. The quantitative estimate of drug-likeness (QED) is 0.387. The summed E-state index contributed by atoms with van der Waals surface area (Å²) in [5.74, 6) is 0.956. The molecule has 2 N–H and O–H groups in total. The molecule has 3 rings (SSSR count). The van der Waals surface area contributed by atoms with Crippen LogP contribution in [0.15, 0.2) is 16.4 Å². The summed E-state index contributed by atoms with van der Waals surface area (Å²) in [4.78, 5) is 8.49. The van der Waals surface area contributed by atoms with Crippen molar-refractivity contribution < 1.29 is 0 Å². The van der Waals surface area contributed by atoms with Gasteiger partial charge in [-0.05, 0) is 48.1 Å². The van der Waals surface area contributed by atoms with E-state index in [0.717, 1.165) is 32.1 Å². The molecule has 0 spiro atoms. The lowest BCUT2D eigenvalue weighted by molar-refractivity contribution is 0.131. The van der Waals surface area contributed by atoms with Gasteiger partial charge in [0.2, 0.25) is 0 Å². The van der Waals surface area contributed by atoms with E-state index in [1.54, 1.807) is 4.88 Å². The van der Waals surface area contributed by atoms with E-state index in [-0.39, 0.29) is 24.0 Å². The van der Waals surface area contributed by atoms with Crippen molar-refractivity contribution in [1.29, 1.82) is 0 Å². The molecule has 1 aromatic heterocycles. The second-order valence-electron chi connectivity index (χ2n) is 6.95. The number of guanidine groups is 1. The second-order valence-corrected chi connectivity index (χ2v) is 7.96. The molecule has 1 aromatic rings. The van der Waals surface area contributed by atoms with Gasteiger partial charge in [0, 0.05) is 44.6 Å². The minimum Gasteiger partial charge on any atom is -0.356 e. The third kappa shape index (κ3) is 4.85. The predicted octanol–water partition coefficient (Wildman–Crippen LogP) is 3.47. The first-order valence-electron chi connectivity index (χ1n) is 8.97. The largest absolute Gasteiger partial charge is 0.356 e. The zero-order chi connectivity index (χ0) is 16.1. The minimum absolute atomic E-state index is 0. The summed E-state index contributed by atoms with van der Waals surface area (Å²) in [6.45, 7) is 7.69. The smallest absolute Gasteiger partial charge is 0.191 e. The topological polar surface area (TPSA) is 39.7 Å². The fourth-order valence-corrected chi connectivity index (χ4v) is 4.54. The van der Waals surface area contributed by atoms with Crippen LogP contribution in [0.1, 0.15) is 43.0 Å². The highest BCUT2D eigenvalue weighted by Crippen LogP contribution is 2.42. The third-order valence-corrected chi connectivity index (χ3v) is 6.65. The number of rotatable bonds is 6. The summed E-state index contributed by atoms with van der Waals surface area (Å²) in [7, 11) is 1.87. The number of nitrogens with zero attached hydrogens (tertiary/aromatic N) is 2.